The summed E-state index contributed by atoms with van der Waals surface area (Å²) in [5, 5.41) is 11.7. The van der Waals surface area contributed by atoms with Gasteiger partial charge < -0.3 is 15.1 Å². The molecule has 3 aromatic carbocycles. The SMILES string of the molecule is N#Cc1ccc(C(=O)Nc2ccccc2N2CCN(C(=O)c3ccccc3)CC2)c(F)c1. The molecule has 4 rings (SSSR count). The fourth-order valence-electron chi connectivity index (χ4n) is 3.73. The lowest BCUT2D eigenvalue weighted by Gasteiger charge is -2.37. The van der Waals surface area contributed by atoms with E-state index in [0.717, 1.165) is 11.8 Å². The van der Waals surface area contributed by atoms with Crippen LogP contribution in [0.25, 0.3) is 0 Å². The van der Waals surface area contributed by atoms with E-state index in [4.69, 9.17) is 5.26 Å². The molecule has 1 N–H and O–H groups in total. The highest BCUT2D eigenvalue weighted by molar-refractivity contribution is 6.06. The van der Waals surface area contributed by atoms with Crippen LogP contribution in [0.3, 0.4) is 0 Å². The van der Waals surface area contributed by atoms with Crippen molar-refractivity contribution in [2.45, 2.75) is 0 Å². The van der Waals surface area contributed by atoms with Crippen LogP contribution in [0.5, 0.6) is 0 Å². The summed E-state index contributed by atoms with van der Waals surface area (Å²) in [6.45, 7) is 2.33. The van der Waals surface area contributed by atoms with Crippen LogP contribution in [0.4, 0.5) is 15.8 Å². The summed E-state index contributed by atoms with van der Waals surface area (Å²) in [4.78, 5) is 29.3. The molecule has 2 amide bonds. The number of hydrogen-bond donors (Lipinski definition) is 1. The normalized spacial score (nSPS) is 13.4. The number of benzene rings is 3. The summed E-state index contributed by atoms with van der Waals surface area (Å²) >= 11 is 0. The number of nitriles is 1. The van der Waals surface area contributed by atoms with E-state index < -0.39 is 11.7 Å². The van der Waals surface area contributed by atoms with Gasteiger partial charge in [0, 0.05) is 31.7 Å². The fourth-order valence-corrected chi connectivity index (χ4v) is 3.73. The molecule has 0 saturated carbocycles. The summed E-state index contributed by atoms with van der Waals surface area (Å²) in [6, 6.07) is 22.1. The first kappa shape index (κ1) is 21.1. The quantitative estimate of drug-likeness (QED) is 0.684. The number of halogens is 1. The zero-order valence-corrected chi connectivity index (χ0v) is 17.3. The van der Waals surface area contributed by atoms with Gasteiger partial charge in [0.25, 0.3) is 11.8 Å². The predicted molar refractivity (Wildman–Crippen MR) is 120 cm³/mol. The molecule has 32 heavy (non-hydrogen) atoms. The molecule has 7 heteroatoms. The topological polar surface area (TPSA) is 76.4 Å². The van der Waals surface area contributed by atoms with Crippen LogP contribution in [0.2, 0.25) is 0 Å². The summed E-state index contributed by atoms with van der Waals surface area (Å²) in [5.74, 6) is -1.33. The second-order valence-electron chi connectivity index (χ2n) is 7.42. The Morgan fingerprint density at radius 1 is 0.906 bits per heavy atom. The Bertz CT molecular complexity index is 1180. The number of nitrogens with zero attached hydrogens (tertiary/aromatic N) is 3. The highest BCUT2D eigenvalue weighted by Crippen LogP contribution is 2.27. The number of hydrogen-bond acceptors (Lipinski definition) is 4. The minimum absolute atomic E-state index is 0.00290. The van der Waals surface area contributed by atoms with E-state index in [1.807, 2.05) is 53.4 Å². The Labute approximate surface area is 185 Å². The van der Waals surface area contributed by atoms with E-state index in [0.29, 0.717) is 37.4 Å². The van der Waals surface area contributed by atoms with Gasteiger partial charge in [-0.05, 0) is 42.5 Å². The van der Waals surface area contributed by atoms with Crippen molar-refractivity contribution in [2.24, 2.45) is 0 Å². The number of nitrogens with one attached hydrogen (secondary N) is 1. The molecule has 0 aromatic heterocycles. The van der Waals surface area contributed by atoms with Crippen LogP contribution in [-0.4, -0.2) is 42.9 Å². The number of anilines is 2. The van der Waals surface area contributed by atoms with E-state index in [1.54, 1.807) is 12.1 Å². The van der Waals surface area contributed by atoms with Gasteiger partial charge in [0.2, 0.25) is 0 Å². The van der Waals surface area contributed by atoms with Gasteiger partial charge in [-0.3, -0.25) is 9.59 Å². The summed E-state index contributed by atoms with van der Waals surface area (Å²) in [5.41, 5.74) is 2.06. The highest BCUT2D eigenvalue weighted by atomic mass is 19.1. The van der Waals surface area contributed by atoms with E-state index in [2.05, 4.69) is 10.2 Å². The lowest BCUT2D eigenvalue weighted by molar-refractivity contribution is 0.0746. The van der Waals surface area contributed by atoms with Crippen molar-refractivity contribution >= 4 is 23.2 Å². The van der Waals surface area contributed by atoms with E-state index in [1.165, 1.54) is 12.1 Å². The van der Waals surface area contributed by atoms with Crippen molar-refractivity contribution in [3.05, 3.63) is 95.3 Å². The molecule has 3 aromatic rings. The molecule has 0 radical (unpaired) electrons. The maximum atomic E-state index is 14.2. The summed E-state index contributed by atoms with van der Waals surface area (Å²) < 4.78 is 14.2. The number of para-hydroxylation sites is 2. The van der Waals surface area contributed by atoms with Crippen molar-refractivity contribution in [3.63, 3.8) is 0 Å². The number of carbonyl (C=O) groups is 2. The van der Waals surface area contributed by atoms with Gasteiger partial charge >= 0.3 is 0 Å². The van der Waals surface area contributed by atoms with Gasteiger partial charge in [-0.25, -0.2) is 4.39 Å². The first-order valence-corrected chi connectivity index (χ1v) is 10.3. The van der Waals surface area contributed by atoms with Crippen LogP contribution >= 0.6 is 0 Å². The average molecular weight is 428 g/mol. The third-order valence-electron chi connectivity index (χ3n) is 5.42. The minimum Gasteiger partial charge on any atom is -0.366 e. The Hall–Kier alpha value is -4.18. The van der Waals surface area contributed by atoms with Gasteiger partial charge in [0.1, 0.15) is 5.82 Å². The second-order valence-corrected chi connectivity index (χ2v) is 7.42. The Morgan fingerprint density at radius 3 is 2.28 bits per heavy atom. The summed E-state index contributed by atoms with van der Waals surface area (Å²) in [6.07, 6.45) is 0. The van der Waals surface area contributed by atoms with Crippen LogP contribution in [0, 0.1) is 17.1 Å². The number of carbonyl (C=O) groups excluding carboxylic acids is 2. The van der Waals surface area contributed by atoms with E-state index in [-0.39, 0.29) is 17.0 Å². The summed E-state index contributed by atoms with van der Waals surface area (Å²) in [7, 11) is 0. The molecule has 0 aliphatic carbocycles. The highest BCUT2D eigenvalue weighted by Gasteiger charge is 2.24. The van der Waals surface area contributed by atoms with Gasteiger partial charge in [-0.1, -0.05) is 30.3 Å². The number of amides is 2. The Kier molecular flexibility index (Phi) is 6.13. The largest absolute Gasteiger partial charge is 0.366 e. The molecule has 6 nitrogen and oxygen atoms in total. The lowest BCUT2D eigenvalue weighted by atomic mass is 10.1. The van der Waals surface area contributed by atoms with Crippen molar-refractivity contribution < 1.29 is 14.0 Å². The smallest absolute Gasteiger partial charge is 0.258 e. The number of rotatable bonds is 4. The van der Waals surface area contributed by atoms with Crippen LogP contribution in [0.1, 0.15) is 26.3 Å². The molecule has 0 atom stereocenters. The molecule has 1 aliphatic heterocycles. The van der Waals surface area contributed by atoms with E-state index >= 15 is 0 Å². The molecule has 0 bridgehead atoms. The molecule has 160 valence electrons. The van der Waals surface area contributed by atoms with Crippen molar-refractivity contribution in [1.82, 2.24) is 4.90 Å². The van der Waals surface area contributed by atoms with Gasteiger partial charge in [-0.2, -0.15) is 5.26 Å². The monoisotopic (exact) mass is 428 g/mol. The number of piperazine rings is 1. The first-order chi connectivity index (χ1) is 15.6. The van der Waals surface area contributed by atoms with Crippen LogP contribution in [0.15, 0.2) is 72.8 Å². The van der Waals surface area contributed by atoms with Gasteiger partial charge in [-0.15, -0.1) is 0 Å². The molecular weight excluding hydrogens is 407 g/mol. The van der Waals surface area contributed by atoms with Gasteiger partial charge in [0.05, 0.1) is 28.6 Å². The minimum atomic E-state index is -0.743. The average Bonchev–Trinajstić information content (AvgIpc) is 2.84. The molecule has 0 spiro atoms. The first-order valence-electron chi connectivity index (χ1n) is 10.3. The van der Waals surface area contributed by atoms with Crippen molar-refractivity contribution in [3.8, 4) is 6.07 Å². The van der Waals surface area contributed by atoms with Gasteiger partial charge in [0.15, 0.2) is 0 Å². The predicted octanol–water partition coefficient (Wildman–Crippen LogP) is 3.91. The maximum Gasteiger partial charge on any atom is 0.258 e. The third kappa shape index (κ3) is 4.44. The zero-order valence-electron chi connectivity index (χ0n) is 17.3. The molecule has 1 saturated heterocycles. The molecule has 1 aliphatic rings. The van der Waals surface area contributed by atoms with Crippen molar-refractivity contribution in [2.75, 3.05) is 36.4 Å². The fraction of sp³-hybridized carbons (Fsp3) is 0.160. The standard InChI is InChI=1S/C25H21FN4O2/c26-21-16-18(17-27)10-11-20(21)24(31)28-22-8-4-5-9-23(22)29-12-14-30(15-13-29)25(32)19-6-2-1-3-7-19/h1-11,16H,12-15H2,(H,28,31). The Balaban J connectivity index is 1.46. The van der Waals surface area contributed by atoms with E-state index in [9.17, 15) is 14.0 Å². The molecule has 1 heterocycles. The molecule has 0 unspecified atom stereocenters. The van der Waals surface area contributed by atoms with Crippen molar-refractivity contribution in [1.29, 1.82) is 5.26 Å². The third-order valence-corrected chi connectivity index (χ3v) is 5.42. The molecule has 1 fully saturated rings. The zero-order chi connectivity index (χ0) is 22.5. The lowest BCUT2D eigenvalue weighted by Crippen LogP contribution is -2.49. The second kappa shape index (κ2) is 9.31. The van der Waals surface area contributed by atoms with Crippen LogP contribution in [-0.2, 0) is 0 Å². The maximum absolute atomic E-state index is 14.2. The Morgan fingerprint density at radius 2 is 1.59 bits per heavy atom. The molecular formula is C25H21FN4O2. The van der Waals surface area contributed by atoms with Crippen LogP contribution < -0.4 is 10.2 Å².